The van der Waals surface area contributed by atoms with E-state index in [9.17, 15) is 0 Å². The fourth-order valence-electron chi connectivity index (χ4n) is 1.37. The summed E-state index contributed by atoms with van der Waals surface area (Å²) in [5, 5.41) is 3.07. The van der Waals surface area contributed by atoms with Gasteiger partial charge in [0.2, 0.25) is 0 Å². The maximum Gasteiger partial charge on any atom is 0.193 e. The minimum absolute atomic E-state index is 0.182. The van der Waals surface area contributed by atoms with Crippen LogP contribution in [-0.4, -0.2) is 19.1 Å². The van der Waals surface area contributed by atoms with E-state index in [4.69, 9.17) is 10.5 Å². The second-order valence-corrected chi connectivity index (χ2v) is 3.82. The number of nitrogens with one attached hydrogen (secondary N) is 1. The standard InChI is InChI=1S/C12H19N3O/c1-9(2)14-12(13)15-11-7-5-4-6-10(11)8-16-3/h4-7,9H,8H2,1-3H3,(H3,13,14,15). The third kappa shape index (κ3) is 3.90. The van der Waals surface area contributed by atoms with Crippen molar-refractivity contribution in [3.63, 3.8) is 0 Å². The second-order valence-electron chi connectivity index (χ2n) is 3.82. The van der Waals surface area contributed by atoms with Gasteiger partial charge in [-0.2, -0.15) is 0 Å². The van der Waals surface area contributed by atoms with Crippen molar-refractivity contribution < 1.29 is 4.74 Å². The molecule has 1 aromatic rings. The first kappa shape index (κ1) is 12.5. The Bertz CT molecular complexity index is 361. The molecule has 1 rings (SSSR count). The van der Waals surface area contributed by atoms with Gasteiger partial charge in [-0.05, 0) is 19.9 Å². The molecule has 0 amide bonds. The van der Waals surface area contributed by atoms with E-state index in [2.05, 4.69) is 10.3 Å². The largest absolute Gasteiger partial charge is 0.380 e. The fourth-order valence-corrected chi connectivity index (χ4v) is 1.37. The summed E-state index contributed by atoms with van der Waals surface area (Å²) in [6.45, 7) is 4.52. The van der Waals surface area contributed by atoms with Crippen molar-refractivity contribution >= 4 is 11.6 Å². The van der Waals surface area contributed by atoms with Crippen LogP contribution in [0, 0.1) is 0 Å². The van der Waals surface area contributed by atoms with Crippen LogP contribution < -0.4 is 11.1 Å². The number of benzene rings is 1. The van der Waals surface area contributed by atoms with E-state index < -0.39 is 0 Å². The van der Waals surface area contributed by atoms with Crippen molar-refractivity contribution in [1.29, 1.82) is 0 Å². The number of methoxy groups -OCH3 is 1. The van der Waals surface area contributed by atoms with Crippen LogP contribution in [-0.2, 0) is 11.3 Å². The molecule has 0 aliphatic carbocycles. The van der Waals surface area contributed by atoms with Crippen LogP contribution in [0.2, 0.25) is 0 Å². The Kier molecular flexibility index (Phi) is 4.79. The van der Waals surface area contributed by atoms with Crippen LogP contribution >= 0.6 is 0 Å². The molecule has 0 atom stereocenters. The Morgan fingerprint density at radius 2 is 2.12 bits per heavy atom. The summed E-state index contributed by atoms with van der Waals surface area (Å²) in [6, 6.07) is 8.05. The lowest BCUT2D eigenvalue weighted by Crippen LogP contribution is -2.24. The van der Waals surface area contributed by atoms with Crippen molar-refractivity contribution in [2.75, 3.05) is 12.4 Å². The van der Waals surface area contributed by atoms with Crippen LogP contribution in [0.5, 0.6) is 0 Å². The predicted molar refractivity (Wildman–Crippen MR) is 67.5 cm³/mol. The molecule has 3 N–H and O–H groups in total. The van der Waals surface area contributed by atoms with Crippen molar-refractivity contribution in [3.05, 3.63) is 29.8 Å². The van der Waals surface area contributed by atoms with Gasteiger partial charge in [0.25, 0.3) is 0 Å². The maximum absolute atomic E-state index is 5.77. The van der Waals surface area contributed by atoms with Crippen LogP contribution in [0.3, 0.4) is 0 Å². The van der Waals surface area contributed by atoms with E-state index in [-0.39, 0.29) is 6.04 Å². The third-order valence-electron chi connectivity index (χ3n) is 1.98. The molecule has 0 radical (unpaired) electrons. The molecule has 0 unspecified atom stereocenters. The van der Waals surface area contributed by atoms with Gasteiger partial charge in [-0.3, -0.25) is 4.99 Å². The topological polar surface area (TPSA) is 59.6 Å². The number of hydrogen-bond donors (Lipinski definition) is 2. The Morgan fingerprint density at radius 3 is 2.75 bits per heavy atom. The molecule has 1 aromatic carbocycles. The summed E-state index contributed by atoms with van der Waals surface area (Å²) in [7, 11) is 1.67. The first-order valence-corrected chi connectivity index (χ1v) is 5.30. The molecule has 4 heteroatoms. The smallest absolute Gasteiger partial charge is 0.193 e. The van der Waals surface area contributed by atoms with Gasteiger partial charge in [-0.25, -0.2) is 0 Å². The van der Waals surface area contributed by atoms with Crippen LogP contribution in [0.25, 0.3) is 0 Å². The van der Waals surface area contributed by atoms with Crippen LogP contribution in [0.1, 0.15) is 19.4 Å². The zero-order valence-corrected chi connectivity index (χ0v) is 10.0. The Morgan fingerprint density at radius 1 is 1.44 bits per heavy atom. The summed E-state index contributed by atoms with van der Waals surface area (Å²) in [5.74, 6) is 0.429. The SMILES string of the molecule is COCc1ccccc1NC(N)=NC(C)C. The molecule has 0 saturated heterocycles. The second kappa shape index (κ2) is 6.12. The molecule has 0 aliphatic heterocycles. The quantitative estimate of drug-likeness (QED) is 0.603. The van der Waals surface area contributed by atoms with Gasteiger partial charge in [0.1, 0.15) is 0 Å². The lowest BCUT2D eigenvalue weighted by molar-refractivity contribution is 0.185. The van der Waals surface area contributed by atoms with E-state index in [1.54, 1.807) is 7.11 Å². The number of nitrogens with two attached hydrogens (primary N) is 1. The highest BCUT2D eigenvalue weighted by Gasteiger charge is 2.02. The van der Waals surface area contributed by atoms with Crippen LogP contribution in [0.4, 0.5) is 5.69 Å². The van der Waals surface area contributed by atoms with Gasteiger partial charge in [0.05, 0.1) is 6.61 Å². The average molecular weight is 221 g/mol. The monoisotopic (exact) mass is 221 g/mol. The minimum Gasteiger partial charge on any atom is -0.380 e. The Labute approximate surface area is 96.5 Å². The highest BCUT2D eigenvalue weighted by Crippen LogP contribution is 2.15. The first-order valence-electron chi connectivity index (χ1n) is 5.30. The number of ether oxygens (including phenoxy) is 1. The summed E-state index contributed by atoms with van der Waals surface area (Å²) >= 11 is 0. The molecule has 0 aliphatic rings. The number of anilines is 1. The normalized spacial score (nSPS) is 11.9. The van der Waals surface area contributed by atoms with Gasteiger partial charge >= 0.3 is 0 Å². The molecule has 4 nitrogen and oxygen atoms in total. The predicted octanol–water partition coefficient (Wildman–Crippen LogP) is 1.97. The number of rotatable bonds is 4. The number of nitrogens with zero attached hydrogens (tertiary/aromatic N) is 1. The van der Waals surface area contributed by atoms with E-state index >= 15 is 0 Å². The van der Waals surface area contributed by atoms with Gasteiger partial charge in [-0.1, -0.05) is 18.2 Å². The van der Waals surface area contributed by atoms with E-state index in [0.29, 0.717) is 12.6 Å². The summed E-state index contributed by atoms with van der Waals surface area (Å²) in [4.78, 5) is 4.22. The number of para-hydroxylation sites is 1. The average Bonchev–Trinajstić information content (AvgIpc) is 2.20. The molecule has 16 heavy (non-hydrogen) atoms. The Balaban J connectivity index is 2.80. The summed E-state index contributed by atoms with van der Waals surface area (Å²) in [5.41, 5.74) is 7.77. The molecule has 0 aromatic heterocycles. The molecule has 0 saturated carbocycles. The Hall–Kier alpha value is -1.55. The fraction of sp³-hybridized carbons (Fsp3) is 0.417. The lowest BCUT2D eigenvalue weighted by atomic mass is 10.2. The minimum atomic E-state index is 0.182. The molecule has 0 bridgehead atoms. The van der Waals surface area contributed by atoms with Crippen molar-refractivity contribution in [2.45, 2.75) is 26.5 Å². The number of hydrogen-bond acceptors (Lipinski definition) is 2. The zero-order valence-electron chi connectivity index (χ0n) is 10.0. The third-order valence-corrected chi connectivity index (χ3v) is 1.98. The van der Waals surface area contributed by atoms with E-state index in [1.807, 2.05) is 38.1 Å². The van der Waals surface area contributed by atoms with Crippen molar-refractivity contribution in [2.24, 2.45) is 10.7 Å². The maximum atomic E-state index is 5.77. The first-order chi connectivity index (χ1) is 7.63. The van der Waals surface area contributed by atoms with Gasteiger partial charge in [0.15, 0.2) is 5.96 Å². The van der Waals surface area contributed by atoms with Gasteiger partial charge < -0.3 is 15.8 Å². The van der Waals surface area contributed by atoms with Crippen molar-refractivity contribution in [3.8, 4) is 0 Å². The summed E-state index contributed by atoms with van der Waals surface area (Å²) in [6.07, 6.45) is 0. The lowest BCUT2D eigenvalue weighted by Gasteiger charge is -2.11. The van der Waals surface area contributed by atoms with Gasteiger partial charge in [0, 0.05) is 24.4 Å². The van der Waals surface area contributed by atoms with Crippen molar-refractivity contribution in [1.82, 2.24) is 0 Å². The number of guanidine groups is 1. The summed E-state index contributed by atoms with van der Waals surface area (Å²) < 4.78 is 5.11. The van der Waals surface area contributed by atoms with E-state index in [1.165, 1.54) is 0 Å². The molecule has 0 heterocycles. The highest BCUT2D eigenvalue weighted by atomic mass is 16.5. The zero-order chi connectivity index (χ0) is 12.0. The molecule has 0 fully saturated rings. The molecular weight excluding hydrogens is 202 g/mol. The molecule has 0 spiro atoms. The molecule has 88 valence electrons. The molecular formula is C12H19N3O. The van der Waals surface area contributed by atoms with Crippen LogP contribution in [0.15, 0.2) is 29.3 Å². The van der Waals surface area contributed by atoms with Gasteiger partial charge in [-0.15, -0.1) is 0 Å². The highest BCUT2D eigenvalue weighted by molar-refractivity contribution is 5.93. The van der Waals surface area contributed by atoms with E-state index in [0.717, 1.165) is 11.3 Å². The number of aliphatic imine (C=N–C) groups is 1.